The van der Waals surface area contributed by atoms with Gasteiger partial charge in [-0.25, -0.2) is 0 Å². The predicted molar refractivity (Wildman–Crippen MR) is 69.7 cm³/mol. The van der Waals surface area contributed by atoms with E-state index in [0.717, 1.165) is 12.0 Å². The van der Waals surface area contributed by atoms with E-state index in [1.54, 1.807) is 0 Å². The average Bonchev–Trinajstić information content (AvgIpc) is 3.04. The normalized spacial score (nSPS) is 30.6. The summed E-state index contributed by atoms with van der Waals surface area (Å²) in [5, 5.41) is 3.75. The molecule has 2 aliphatic rings. The maximum absolute atomic E-state index is 3.75. The van der Waals surface area contributed by atoms with Crippen molar-refractivity contribution in [2.45, 2.75) is 64.5 Å². The van der Waals surface area contributed by atoms with E-state index in [1.165, 1.54) is 51.7 Å². The van der Waals surface area contributed by atoms with Crippen LogP contribution in [0.15, 0.2) is 0 Å². The fraction of sp³-hybridized carbons (Fsp3) is 1.00. The summed E-state index contributed by atoms with van der Waals surface area (Å²) in [4.78, 5) is 2.72. The van der Waals surface area contributed by atoms with Gasteiger partial charge in [-0.15, -0.1) is 0 Å². The van der Waals surface area contributed by atoms with Crippen LogP contribution in [0.1, 0.15) is 52.9 Å². The SMILES string of the molecule is CCCCCN1CC(C2CC2)NCC1(C)C. The van der Waals surface area contributed by atoms with E-state index in [-0.39, 0.29) is 0 Å². The van der Waals surface area contributed by atoms with Crippen molar-refractivity contribution >= 4 is 0 Å². The minimum Gasteiger partial charge on any atom is -0.311 e. The highest BCUT2D eigenvalue weighted by Crippen LogP contribution is 2.35. The molecule has 2 heteroatoms. The van der Waals surface area contributed by atoms with Crippen LogP contribution in [-0.4, -0.2) is 36.1 Å². The fourth-order valence-corrected chi connectivity index (χ4v) is 2.80. The molecule has 0 spiro atoms. The summed E-state index contributed by atoms with van der Waals surface area (Å²) in [5.74, 6) is 0.991. The van der Waals surface area contributed by atoms with Gasteiger partial charge in [0.1, 0.15) is 0 Å². The highest BCUT2D eigenvalue weighted by Gasteiger charge is 2.39. The van der Waals surface area contributed by atoms with E-state index in [4.69, 9.17) is 0 Å². The van der Waals surface area contributed by atoms with Crippen LogP contribution in [-0.2, 0) is 0 Å². The van der Waals surface area contributed by atoms with E-state index in [2.05, 4.69) is 31.0 Å². The molecule has 0 amide bonds. The third-order valence-corrected chi connectivity index (χ3v) is 4.29. The first-order valence-corrected chi connectivity index (χ1v) is 7.12. The molecule has 0 bridgehead atoms. The lowest BCUT2D eigenvalue weighted by atomic mass is 9.95. The molecule has 0 aromatic rings. The predicted octanol–water partition coefficient (Wildman–Crippen LogP) is 2.64. The van der Waals surface area contributed by atoms with Gasteiger partial charge in [-0.05, 0) is 45.6 Å². The van der Waals surface area contributed by atoms with Gasteiger partial charge in [0.05, 0.1) is 0 Å². The number of nitrogens with one attached hydrogen (secondary N) is 1. The van der Waals surface area contributed by atoms with Gasteiger partial charge in [0.2, 0.25) is 0 Å². The van der Waals surface area contributed by atoms with Gasteiger partial charge in [0.15, 0.2) is 0 Å². The second-order valence-corrected chi connectivity index (χ2v) is 6.29. The van der Waals surface area contributed by atoms with Crippen molar-refractivity contribution in [2.24, 2.45) is 5.92 Å². The summed E-state index contributed by atoms with van der Waals surface area (Å²) >= 11 is 0. The fourth-order valence-electron chi connectivity index (χ4n) is 2.80. The van der Waals surface area contributed by atoms with Crippen LogP contribution in [0, 0.1) is 5.92 Å². The smallest absolute Gasteiger partial charge is 0.0278 e. The minimum absolute atomic E-state index is 0.360. The van der Waals surface area contributed by atoms with Crippen molar-refractivity contribution in [3.8, 4) is 0 Å². The second kappa shape index (κ2) is 5.05. The molecule has 0 aromatic carbocycles. The number of unbranched alkanes of at least 4 members (excludes halogenated alkanes) is 2. The third kappa shape index (κ3) is 2.98. The van der Waals surface area contributed by atoms with Gasteiger partial charge in [0.25, 0.3) is 0 Å². The van der Waals surface area contributed by atoms with E-state index >= 15 is 0 Å². The lowest BCUT2D eigenvalue weighted by Gasteiger charge is -2.46. The Bertz CT molecular complexity index is 221. The molecule has 2 rings (SSSR count). The molecule has 0 aromatic heterocycles. The molecule has 2 fully saturated rings. The molecule has 1 saturated heterocycles. The maximum atomic E-state index is 3.75. The van der Waals surface area contributed by atoms with E-state index in [1.807, 2.05) is 0 Å². The minimum atomic E-state index is 0.360. The summed E-state index contributed by atoms with van der Waals surface area (Å²) < 4.78 is 0. The van der Waals surface area contributed by atoms with Crippen molar-refractivity contribution in [3.05, 3.63) is 0 Å². The number of hydrogen-bond acceptors (Lipinski definition) is 2. The Balaban J connectivity index is 1.84. The molecular weight excluding hydrogens is 196 g/mol. The van der Waals surface area contributed by atoms with Crippen molar-refractivity contribution in [1.29, 1.82) is 0 Å². The van der Waals surface area contributed by atoms with Crippen LogP contribution in [0.3, 0.4) is 0 Å². The summed E-state index contributed by atoms with van der Waals surface area (Å²) in [7, 11) is 0. The van der Waals surface area contributed by atoms with Crippen molar-refractivity contribution < 1.29 is 0 Å². The zero-order valence-electron chi connectivity index (χ0n) is 11.3. The molecule has 1 atom stereocenters. The largest absolute Gasteiger partial charge is 0.311 e. The van der Waals surface area contributed by atoms with Gasteiger partial charge in [-0.3, -0.25) is 4.90 Å². The summed E-state index contributed by atoms with van der Waals surface area (Å²) in [6.07, 6.45) is 7.01. The van der Waals surface area contributed by atoms with E-state index < -0.39 is 0 Å². The molecule has 16 heavy (non-hydrogen) atoms. The van der Waals surface area contributed by atoms with E-state index in [0.29, 0.717) is 5.54 Å². The first-order valence-electron chi connectivity index (χ1n) is 7.12. The highest BCUT2D eigenvalue weighted by molar-refractivity contribution is 4.98. The number of rotatable bonds is 5. The summed E-state index contributed by atoms with van der Waals surface area (Å²) in [6.45, 7) is 10.8. The van der Waals surface area contributed by atoms with Crippen LogP contribution in [0.4, 0.5) is 0 Å². The Morgan fingerprint density at radius 1 is 1.25 bits per heavy atom. The Hall–Kier alpha value is -0.0800. The Morgan fingerprint density at radius 3 is 2.62 bits per heavy atom. The van der Waals surface area contributed by atoms with Crippen LogP contribution in [0.25, 0.3) is 0 Å². The average molecular weight is 224 g/mol. The second-order valence-electron chi connectivity index (χ2n) is 6.29. The lowest BCUT2D eigenvalue weighted by Crippen LogP contribution is -2.62. The highest BCUT2D eigenvalue weighted by atomic mass is 15.3. The molecule has 1 N–H and O–H groups in total. The van der Waals surface area contributed by atoms with Crippen LogP contribution in [0.2, 0.25) is 0 Å². The number of piperazine rings is 1. The molecular formula is C14H28N2. The van der Waals surface area contributed by atoms with Gasteiger partial charge in [0, 0.05) is 24.7 Å². The van der Waals surface area contributed by atoms with Crippen LogP contribution < -0.4 is 5.32 Å². The summed E-state index contributed by atoms with van der Waals surface area (Å²) in [6, 6.07) is 0.787. The molecule has 1 aliphatic heterocycles. The topological polar surface area (TPSA) is 15.3 Å². The number of nitrogens with zero attached hydrogens (tertiary/aromatic N) is 1. The monoisotopic (exact) mass is 224 g/mol. The van der Waals surface area contributed by atoms with E-state index in [9.17, 15) is 0 Å². The first kappa shape index (κ1) is 12.4. The van der Waals surface area contributed by atoms with Gasteiger partial charge in [-0.2, -0.15) is 0 Å². The zero-order valence-corrected chi connectivity index (χ0v) is 11.3. The van der Waals surface area contributed by atoms with Gasteiger partial charge >= 0.3 is 0 Å². The Kier molecular flexibility index (Phi) is 3.91. The van der Waals surface area contributed by atoms with Crippen LogP contribution in [0.5, 0.6) is 0 Å². The molecule has 2 nitrogen and oxygen atoms in total. The van der Waals surface area contributed by atoms with Crippen LogP contribution >= 0.6 is 0 Å². The Morgan fingerprint density at radius 2 is 2.00 bits per heavy atom. The molecule has 0 radical (unpaired) electrons. The maximum Gasteiger partial charge on any atom is 0.0278 e. The quantitative estimate of drug-likeness (QED) is 0.722. The van der Waals surface area contributed by atoms with Crippen molar-refractivity contribution in [3.63, 3.8) is 0 Å². The number of hydrogen-bond donors (Lipinski definition) is 1. The van der Waals surface area contributed by atoms with Gasteiger partial charge < -0.3 is 5.32 Å². The third-order valence-electron chi connectivity index (χ3n) is 4.29. The summed E-state index contributed by atoms with van der Waals surface area (Å²) in [5.41, 5.74) is 0.360. The molecule has 1 heterocycles. The molecule has 1 aliphatic carbocycles. The van der Waals surface area contributed by atoms with Crippen molar-refractivity contribution in [2.75, 3.05) is 19.6 Å². The standard InChI is InChI=1S/C14H28N2/c1-4-5-6-9-16-10-13(12-7-8-12)15-11-14(16,2)3/h12-13,15H,4-11H2,1-3H3. The molecule has 1 saturated carbocycles. The zero-order chi connectivity index (χ0) is 11.6. The Labute approximate surface area is 101 Å². The van der Waals surface area contributed by atoms with Crippen molar-refractivity contribution in [1.82, 2.24) is 10.2 Å². The lowest BCUT2D eigenvalue weighted by molar-refractivity contribution is 0.0592. The first-order chi connectivity index (χ1) is 7.63. The molecule has 94 valence electrons. The molecule has 1 unspecified atom stereocenters. The van der Waals surface area contributed by atoms with Gasteiger partial charge in [-0.1, -0.05) is 19.8 Å².